The van der Waals surface area contributed by atoms with Gasteiger partial charge in [0.25, 0.3) is 0 Å². The molecule has 1 aromatic rings. The van der Waals surface area contributed by atoms with E-state index in [0.29, 0.717) is 13.1 Å². The van der Waals surface area contributed by atoms with Crippen molar-refractivity contribution in [1.29, 1.82) is 5.26 Å². The van der Waals surface area contributed by atoms with Gasteiger partial charge in [-0.3, -0.25) is 19.8 Å². The van der Waals surface area contributed by atoms with E-state index < -0.39 is 11.1 Å². The minimum atomic E-state index is -0.610. The standard InChI is InChI=1S/C29H39N7O/c1-26(20-31-2)32-17-24(18-33-26)35-22-28(36(25(35)37)21-27(19-30)11-8-12-27)13-15-29(16-14-28,34(3)4)23-9-6-5-7-10-23/h5-7,9-10,17-18,20,32H,8,11-16,21-22H2,1-4H3/b31-20-/t26?,28-,29+. The predicted octanol–water partition coefficient (Wildman–Crippen LogP) is 4.12. The number of carbonyl (C=O) groups is 1. The van der Waals surface area contributed by atoms with E-state index in [0.717, 1.165) is 50.6 Å². The summed E-state index contributed by atoms with van der Waals surface area (Å²) in [6.45, 7) is 3.07. The van der Waals surface area contributed by atoms with Crippen molar-refractivity contribution in [2.45, 2.75) is 68.6 Å². The molecule has 0 radical (unpaired) electrons. The molecule has 2 saturated carbocycles. The summed E-state index contributed by atoms with van der Waals surface area (Å²) < 4.78 is 0. The summed E-state index contributed by atoms with van der Waals surface area (Å²) >= 11 is 0. The van der Waals surface area contributed by atoms with E-state index in [-0.39, 0.29) is 17.1 Å². The molecule has 1 unspecified atom stereocenters. The van der Waals surface area contributed by atoms with E-state index in [1.807, 2.05) is 18.0 Å². The maximum atomic E-state index is 14.0. The molecule has 2 aliphatic heterocycles. The second-order valence-corrected chi connectivity index (χ2v) is 11.7. The molecule has 1 aromatic carbocycles. The van der Waals surface area contributed by atoms with Gasteiger partial charge in [0.15, 0.2) is 5.66 Å². The third-order valence-corrected chi connectivity index (χ3v) is 9.34. The third-order valence-electron chi connectivity index (χ3n) is 9.34. The molecule has 5 rings (SSSR count). The van der Waals surface area contributed by atoms with Crippen LogP contribution >= 0.6 is 0 Å². The number of nitrogens with one attached hydrogen (secondary N) is 1. The SMILES string of the molecule is C/N=C\C1(C)N=CC(N2C[C@]3(CC[C@](c4ccccc4)(N(C)C)CC3)N(CC3(C#N)CCC3)C2=O)=CN1. The minimum Gasteiger partial charge on any atom is -0.361 e. The molecule has 0 bridgehead atoms. The molecular weight excluding hydrogens is 462 g/mol. The molecule has 3 fully saturated rings. The Bertz CT molecular complexity index is 1150. The number of hydrogen-bond donors (Lipinski definition) is 1. The van der Waals surface area contributed by atoms with Crippen LogP contribution in [0.5, 0.6) is 0 Å². The maximum Gasteiger partial charge on any atom is 0.325 e. The molecule has 8 nitrogen and oxygen atoms in total. The van der Waals surface area contributed by atoms with E-state index >= 15 is 0 Å². The Morgan fingerprint density at radius 2 is 1.86 bits per heavy atom. The number of urea groups is 1. The number of nitriles is 1. The molecule has 196 valence electrons. The quantitative estimate of drug-likeness (QED) is 0.594. The zero-order valence-electron chi connectivity index (χ0n) is 22.6. The molecule has 0 aromatic heterocycles. The van der Waals surface area contributed by atoms with Crippen molar-refractivity contribution in [2.24, 2.45) is 15.4 Å². The van der Waals surface area contributed by atoms with Gasteiger partial charge >= 0.3 is 6.03 Å². The Morgan fingerprint density at radius 3 is 2.38 bits per heavy atom. The van der Waals surface area contributed by atoms with E-state index in [1.165, 1.54) is 5.56 Å². The molecule has 1 spiro atoms. The van der Waals surface area contributed by atoms with Gasteiger partial charge in [-0.15, -0.1) is 0 Å². The number of allylic oxidation sites excluding steroid dienone is 1. The number of aliphatic imine (C=N–C) groups is 2. The van der Waals surface area contributed by atoms with Gasteiger partial charge in [0.05, 0.1) is 29.3 Å². The van der Waals surface area contributed by atoms with Gasteiger partial charge in [0, 0.05) is 37.8 Å². The topological polar surface area (TPSA) is 87.3 Å². The van der Waals surface area contributed by atoms with Crippen LogP contribution in [-0.2, 0) is 5.54 Å². The molecule has 4 aliphatic rings. The summed E-state index contributed by atoms with van der Waals surface area (Å²) in [5, 5.41) is 13.3. The van der Waals surface area contributed by atoms with Gasteiger partial charge in [0.2, 0.25) is 0 Å². The molecule has 1 saturated heterocycles. The van der Waals surface area contributed by atoms with Crippen molar-refractivity contribution < 1.29 is 4.79 Å². The van der Waals surface area contributed by atoms with Crippen LogP contribution in [0.2, 0.25) is 0 Å². The van der Waals surface area contributed by atoms with Crippen molar-refractivity contribution in [2.75, 3.05) is 34.2 Å². The highest BCUT2D eigenvalue weighted by Crippen LogP contribution is 2.51. The first-order chi connectivity index (χ1) is 17.7. The van der Waals surface area contributed by atoms with Crippen molar-refractivity contribution in [1.82, 2.24) is 20.0 Å². The molecule has 1 N–H and O–H groups in total. The molecule has 2 aliphatic carbocycles. The fourth-order valence-corrected chi connectivity index (χ4v) is 6.71. The van der Waals surface area contributed by atoms with Crippen LogP contribution in [0, 0.1) is 16.7 Å². The summed E-state index contributed by atoms with van der Waals surface area (Å²) in [6.07, 6.45) is 11.9. The van der Waals surface area contributed by atoms with Crippen molar-refractivity contribution in [3.05, 3.63) is 47.8 Å². The highest BCUT2D eigenvalue weighted by atomic mass is 16.2. The van der Waals surface area contributed by atoms with Crippen LogP contribution in [-0.4, -0.2) is 78.6 Å². The first-order valence-electron chi connectivity index (χ1n) is 13.4. The lowest BCUT2D eigenvalue weighted by molar-refractivity contribution is 0.00753. The lowest BCUT2D eigenvalue weighted by Gasteiger charge is -2.52. The van der Waals surface area contributed by atoms with E-state index in [9.17, 15) is 10.1 Å². The smallest absolute Gasteiger partial charge is 0.325 e. The Labute approximate surface area is 220 Å². The molecule has 37 heavy (non-hydrogen) atoms. The molecule has 2 heterocycles. The van der Waals surface area contributed by atoms with Crippen LogP contribution in [0.3, 0.4) is 0 Å². The first kappa shape index (κ1) is 25.5. The number of amides is 2. The van der Waals surface area contributed by atoms with Crippen molar-refractivity contribution in [3.8, 4) is 6.07 Å². The maximum absolute atomic E-state index is 14.0. The van der Waals surface area contributed by atoms with Crippen LogP contribution in [0.4, 0.5) is 4.79 Å². The minimum absolute atomic E-state index is 0.00847. The number of hydrogen-bond acceptors (Lipinski definition) is 6. The molecule has 2 amide bonds. The summed E-state index contributed by atoms with van der Waals surface area (Å²) in [7, 11) is 6.06. The predicted molar refractivity (Wildman–Crippen MR) is 146 cm³/mol. The number of benzene rings is 1. The van der Waals surface area contributed by atoms with Gasteiger partial charge in [-0.05, 0) is 65.1 Å². The second-order valence-electron chi connectivity index (χ2n) is 11.7. The Hall–Kier alpha value is -3.18. The summed E-state index contributed by atoms with van der Waals surface area (Å²) in [4.78, 5) is 29.1. The van der Waals surface area contributed by atoms with Crippen LogP contribution in [0.25, 0.3) is 0 Å². The highest BCUT2D eigenvalue weighted by molar-refractivity contribution is 5.91. The van der Waals surface area contributed by atoms with Gasteiger partial charge in [0.1, 0.15) is 0 Å². The van der Waals surface area contributed by atoms with Crippen molar-refractivity contribution >= 4 is 18.5 Å². The number of nitrogens with zero attached hydrogens (tertiary/aromatic N) is 6. The summed E-state index contributed by atoms with van der Waals surface area (Å²) in [5.74, 6) is 0. The van der Waals surface area contributed by atoms with E-state index in [2.05, 4.69) is 75.6 Å². The van der Waals surface area contributed by atoms with E-state index in [1.54, 1.807) is 19.5 Å². The van der Waals surface area contributed by atoms with Crippen LogP contribution in [0.1, 0.15) is 57.4 Å². The van der Waals surface area contributed by atoms with E-state index in [4.69, 9.17) is 0 Å². The van der Waals surface area contributed by atoms with Crippen molar-refractivity contribution in [3.63, 3.8) is 0 Å². The van der Waals surface area contributed by atoms with Gasteiger partial charge < -0.3 is 10.2 Å². The zero-order valence-corrected chi connectivity index (χ0v) is 22.6. The fourth-order valence-electron chi connectivity index (χ4n) is 6.71. The third kappa shape index (κ3) is 4.23. The zero-order chi connectivity index (χ0) is 26.3. The highest BCUT2D eigenvalue weighted by Gasteiger charge is 2.57. The first-order valence-corrected chi connectivity index (χ1v) is 13.4. The summed E-state index contributed by atoms with van der Waals surface area (Å²) in [5.41, 5.74) is 0.704. The molecule has 8 heteroatoms. The Balaban J connectivity index is 1.45. The Kier molecular flexibility index (Phi) is 6.39. The van der Waals surface area contributed by atoms with Crippen LogP contribution in [0.15, 0.2) is 52.2 Å². The number of carbonyl (C=O) groups excluding carboxylic acids is 1. The largest absolute Gasteiger partial charge is 0.361 e. The van der Waals surface area contributed by atoms with Gasteiger partial charge in [-0.25, -0.2) is 4.79 Å². The monoisotopic (exact) mass is 501 g/mol. The van der Waals surface area contributed by atoms with Crippen LogP contribution < -0.4 is 5.32 Å². The molecular formula is C29H39N7O. The Morgan fingerprint density at radius 1 is 1.16 bits per heavy atom. The summed E-state index contributed by atoms with van der Waals surface area (Å²) in [6, 6.07) is 13.3. The average molecular weight is 502 g/mol. The van der Waals surface area contributed by atoms with Gasteiger partial charge in [-0.1, -0.05) is 36.8 Å². The molecule has 1 atom stereocenters. The lowest BCUT2D eigenvalue weighted by Crippen LogP contribution is -2.57. The van der Waals surface area contributed by atoms with Gasteiger partial charge in [-0.2, -0.15) is 5.26 Å². The lowest BCUT2D eigenvalue weighted by atomic mass is 9.66. The normalized spacial score (nSPS) is 33.0. The fraction of sp³-hybridized carbons (Fsp3) is 0.586. The number of rotatable bonds is 6. The second kappa shape index (κ2) is 9.29. The average Bonchev–Trinajstić information content (AvgIpc) is 3.13.